The van der Waals surface area contributed by atoms with Crippen LogP contribution in [0.25, 0.3) is 0 Å². The van der Waals surface area contributed by atoms with Gasteiger partial charge in [-0.25, -0.2) is 0 Å². The Bertz CT molecular complexity index is 520. The average molecular weight is 434 g/mol. The first-order chi connectivity index (χ1) is 10.8. The molecule has 2 aliphatic rings. The van der Waals surface area contributed by atoms with E-state index in [2.05, 4.69) is 44.2 Å². The summed E-state index contributed by atoms with van der Waals surface area (Å²) in [5.41, 5.74) is 0. The summed E-state index contributed by atoms with van der Waals surface area (Å²) < 4.78 is 7.95. The summed E-state index contributed by atoms with van der Waals surface area (Å²) in [6, 6.07) is 0.401. The average Bonchev–Trinajstić information content (AvgIpc) is 3.23. The number of aryl methyl sites for hydroxylation is 1. The van der Waals surface area contributed by atoms with Crippen molar-refractivity contribution in [3.8, 4) is 0 Å². The summed E-state index contributed by atoms with van der Waals surface area (Å²) in [7, 11) is 0. The first-order valence-corrected chi connectivity index (χ1v) is 8.37. The molecule has 1 aromatic heterocycles. The lowest BCUT2D eigenvalue weighted by atomic mass is 9.96. The summed E-state index contributed by atoms with van der Waals surface area (Å²) in [4.78, 5) is 4.67. The highest BCUT2D eigenvalue weighted by atomic mass is 127. The zero-order valence-electron chi connectivity index (χ0n) is 13.9. The van der Waals surface area contributed by atoms with E-state index < -0.39 is 0 Å². The van der Waals surface area contributed by atoms with Gasteiger partial charge in [-0.3, -0.25) is 4.99 Å². The highest BCUT2D eigenvalue weighted by Gasteiger charge is 2.41. The van der Waals surface area contributed by atoms with E-state index in [1.54, 1.807) is 6.33 Å². The second-order valence-electron chi connectivity index (χ2n) is 5.92. The van der Waals surface area contributed by atoms with Crippen LogP contribution in [0.1, 0.15) is 38.9 Å². The first-order valence-electron chi connectivity index (χ1n) is 8.37. The SMILES string of the molecule is CCNC(=NCCn1cnnc1CC)NC1CC2CCC1O2.I. The molecule has 8 heteroatoms. The lowest BCUT2D eigenvalue weighted by molar-refractivity contribution is 0.0992. The Kier molecular flexibility index (Phi) is 7.07. The van der Waals surface area contributed by atoms with E-state index in [0.29, 0.717) is 24.8 Å². The van der Waals surface area contributed by atoms with E-state index in [0.717, 1.165) is 37.7 Å². The van der Waals surface area contributed by atoms with Crippen LogP contribution < -0.4 is 10.6 Å². The molecule has 0 aliphatic carbocycles. The molecule has 0 aromatic carbocycles. The maximum Gasteiger partial charge on any atom is 0.191 e. The molecule has 0 amide bonds. The Balaban J connectivity index is 0.00000192. The van der Waals surface area contributed by atoms with Crippen molar-refractivity contribution in [3.05, 3.63) is 12.2 Å². The number of aliphatic imine (C=N–C) groups is 1. The number of nitrogens with zero attached hydrogens (tertiary/aromatic N) is 4. The normalized spacial score (nSPS) is 26.2. The predicted octanol–water partition coefficient (Wildman–Crippen LogP) is 1.33. The van der Waals surface area contributed by atoms with Crippen LogP contribution in [0.4, 0.5) is 0 Å². The van der Waals surface area contributed by atoms with Gasteiger partial charge in [0.25, 0.3) is 0 Å². The minimum absolute atomic E-state index is 0. The van der Waals surface area contributed by atoms with Gasteiger partial charge in [-0.1, -0.05) is 6.92 Å². The number of halogens is 1. The summed E-state index contributed by atoms with van der Waals surface area (Å²) in [5, 5.41) is 14.9. The largest absolute Gasteiger partial charge is 0.373 e. The topological polar surface area (TPSA) is 76.4 Å². The Hall–Kier alpha value is -0.900. The van der Waals surface area contributed by atoms with Gasteiger partial charge >= 0.3 is 0 Å². The second kappa shape index (κ2) is 8.81. The summed E-state index contributed by atoms with van der Waals surface area (Å²) in [6.07, 6.45) is 6.96. The molecular weight excluding hydrogens is 407 g/mol. The van der Waals surface area contributed by atoms with Crippen molar-refractivity contribution >= 4 is 29.9 Å². The Morgan fingerprint density at radius 2 is 2.30 bits per heavy atom. The van der Waals surface area contributed by atoms with Crippen LogP contribution in [0.3, 0.4) is 0 Å². The molecule has 2 fully saturated rings. The predicted molar refractivity (Wildman–Crippen MR) is 100 cm³/mol. The van der Waals surface area contributed by atoms with Crippen LogP contribution >= 0.6 is 24.0 Å². The smallest absolute Gasteiger partial charge is 0.191 e. The first kappa shape index (κ1) is 18.4. The molecule has 2 bridgehead atoms. The number of nitrogens with one attached hydrogen (secondary N) is 2. The number of ether oxygens (including phenoxy) is 1. The third-order valence-corrected chi connectivity index (χ3v) is 4.40. The van der Waals surface area contributed by atoms with E-state index in [9.17, 15) is 0 Å². The van der Waals surface area contributed by atoms with Gasteiger partial charge in [0.1, 0.15) is 12.2 Å². The van der Waals surface area contributed by atoms with Gasteiger partial charge in [0.15, 0.2) is 5.96 Å². The lowest BCUT2D eigenvalue weighted by Gasteiger charge is -2.22. The van der Waals surface area contributed by atoms with Gasteiger partial charge in [-0.2, -0.15) is 0 Å². The number of aromatic nitrogens is 3. The molecule has 2 N–H and O–H groups in total. The molecule has 3 heterocycles. The molecule has 23 heavy (non-hydrogen) atoms. The van der Waals surface area contributed by atoms with Crippen LogP contribution in [0.15, 0.2) is 11.3 Å². The molecule has 0 spiro atoms. The van der Waals surface area contributed by atoms with Crippen molar-refractivity contribution in [1.29, 1.82) is 0 Å². The van der Waals surface area contributed by atoms with Crippen LogP contribution in [-0.2, 0) is 17.7 Å². The van der Waals surface area contributed by atoms with E-state index in [-0.39, 0.29) is 24.0 Å². The van der Waals surface area contributed by atoms with Crippen LogP contribution in [0.5, 0.6) is 0 Å². The molecule has 0 radical (unpaired) electrons. The number of fused-ring (bicyclic) bond motifs is 2. The molecule has 0 saturated carbocycles. The van der Waals surface area contributed by atoms with Crippen LogP contribution in [-0.4, -0.2) is 52.1 Å². The molecule has 3 atom stereocenters. The zero-order valence-corrected chi connectivity index (χ0v) is 16.2. The van der Waals surface area contributed by atoms with E-state index in [4.69, 9.17) is 4.74 Å². The van der Waals surface area contributed by atoms with Gasteiger partial charge < -0.3 is 19.9 Å². The molecular formula is C15H27IN6O. The number of guanidine groups is 1. The molecule has 3 unspecified atom stereocenters. The van der Waals surface area contributed by atoms with Crippen LogP contribution in [0.2, 0.25) is 0 Å². The monoisotopic (exact) mass is 434 g/mol. The maximum absolute atomic E-state index is 5.89. The number of hydrogen-bond acceptors (Lipinski definition) is 4. The van der Waals surface area contributed by atoms with E-state index >= 15 is 0 Å². The van der Waals surface area contributed by atoms with Gasteiger partial charge in [0.2, 0.25) is 0 Å². The molecule has 130 valence electrons. The van der Waals surface area contributed by atoms with Gasteiger partial charge in [-0.15, -0.1) is 34.2 Å². The van der Waals surface area contributed by atoms with Crippen molar-refractivity contribution in [1.82, 2.24) is 25.4 Å². The third kappa shape index (κ3) is 4.56. The number of rotatable bonds is 6. The molecule has 3 rings (SSSR count). The summed E-state index contributed by atoms with van der Waals surface area (Å²) in [5.74, 6) is 1.89. The maximum atomic E-state index is 5.89. The molecule has 1 aromatic rings. The zero-order chi connectivity index (χ0) is 15.4. The fourth-order valence-electron chi connectivity index (χ4n) is 3.29. The fraction of sp³-hybridized carbons (Fsp3) is 0.800. The van der Waals surface area contributed by atoms with E-state index in [1.165, 1.54) is 12.8 Å². The quantitative estimate of drug-likeness (QED) is 0.402. The molecule has 2 aliphatic heterocycles. The molecule has 7 nitrogen and oxygen atoms in total. The lowest BCUT2D eigenvalue weighted by Crippen LogP contribution is -2.47. The Labute approximate surface area is 154 Å². The summed E-state index contributed by atoms with van der Waals surface area (Å²) in [6.45, 7) is 6.55. The highest BCUT2D eigenvalue weighted by molar-refractivity contribution is 14.0. The Morgan fingerprint density at radius 3 is 2.96 bits per heavy atom. The van der Waals surface area contributed by atoms with Gasteiger partial charge in [0.05, 0.1) is 24.8 Å². The van der Waals surface area contributed by atoms with Crippen molar-refractivity contribution in [2.24, 2.45) is 4.99 Å². The highest BCUT2D eigenvalue weighted by Crippen LogP contribution is 2.34. The molecule has 2 saturated heterocycles. The Morgan fingerprint density at radius 1 is 1.43 bits per heavy atom. The standard InChI is InChI=1S/C15H26N6O.HI/c1-3-14-20-18-10-21(14)8-7-17-15(16-4-2)19-12-9-11-5-6-13(12)22-11;/h10-13H,3-9H2,1-2H3,(H2,16,17,19);1H. The fourth-order valence-corrected chi connectivity index (χ4v) is 3.29. The van der Waals surface area contributed by atoms with Crippen molar-refractivity contribution in [2.45, 2.75) is 64.3 Å². The number of hydrogen-bond donors (Lipinski definition) is 2. The van der Waals surface area contributed by atoms with Crippen LogP contribution in [0, 0.1) is 0 Å². The van der Waals surface area contributed by atoms with Crippen molar-refractivity contribution in [3.63, 3.8) is 0 Å². The summed E-state index contributed by atoms with van der Waals surface area (Å²) >= 11 is 0. The minimum atomic E-state index is 0. The third-order valence-electron chi connectivity index (χ3n) is 4.40. The second-order valence-corrected chi connectivity index (χ2v) is 5.92. The minimum Gasteiger partial charge on any atom is -0.373 e. The van der Waals surface area contributed by atoms with Crippen molar-refractivity contribution < 1.29 is 4.74 Å². The van der Waals surface area contributed by atoms with Gasteiger partial charge in [-0.05, 0) is 26.2 Å². The van der Waals surface area contributed by atoms with Gasteiger partial charge in [0, 0.05) is 19.5 Å². The van der Waals surface area contributed by atoms with E-state index in [1.807, 2.05) is 0 Å². The van der Waals surface area contributed by atoms with Crippen molar-refractivity contribution in [2.75, 3.05) is 13.1 Å².